The van der Waals surface area contributed by atoms with E-state index in [9.17, 15) is 4.79 Å². The third-order valence-electron chi connectivity index (χ3n) is 6.12. The van der Waals surface area contributed by atoms with Gasteiger partial charge in [0.1, 0.15) is 0 Å². The predicted molar refractivity (Wildman–Crippen MR) is 129 cm³/mol. The standard InChI is InChI=1S/C26H27N3O2S/c30-26(21-17-27-22-10-5-4-9-20(21)22)25(19-7-2-1-3-8-19)28-18-23(24-11-6-16-32-24)29-12-14-31-15-13-29/h1-11,16-17,23,25,27-28H,12-15,18H2. The number of thiophene rings is 1. The molecule has 2 N–H and O–H groups in total. The summed E-state index contributed by atoms with van der Waals surface area (Å²) in [7, 11) is 0. The van der Waals surface area contributed by atoms with E-state index in [0.29, 0.717) is 6.54 Å². The summed E-state index contributed by atoms with van der Waals surface area (Å²) < 4.78 is 5.57. The molecule has 0 bridgehead atoms. The van der Waals surface area contributed by atoms with E-state index in [2.05, 4.69) is 32.7 Å². The second kappa shape index (κ2) is 9.79. The molecule has 0 saturated carbocycles. The molecule has 2 unspecified atom stereocenters. The second-order valence-corrected chi connectivity index (χ2v) is 9.02. The van der Waals surface area contributed by atoms with Crippen LogP contribution in [0.5, 0.6) is 0 Å². The van der Waals surface area contributed by atoms with Crippen molar-refractivity contribution in [2.75, 3.05) is 32.8 Å². The molecule has 0 spiro atoms. The number of rotatable bonds is 8. The second-order valence-electron chi connectivity index (χ2n) is 8.04. The maximum atomic E-state index is 13.8. The van der Waals surface area contributed by atoms with Gasteiger partial charge in [0, 0.05) is 47.2 Å². The van der Waals surface area contributed by atoms with E-state index in [1.165, 1.54) is 4.88 Å². The van der Waals surface area contributed by atoms with E-state index < -0.39 is 6.04 Å². The van der Waals surface area contributed by atoms with Gasteiger partial charge >= 0.3 is 0 Å². The van der Waals surface area contributed by atoms with Gasteiger partial charge in [0.2, 0.25) is 0 Å². The molecule has 0 aliphatic carbocycles. The molecule has 0 radical (unpaired) electrons. The average Bonchev–Trinajstić information content (AvgIpc) is 3.53. The van der Waals surface area contributed by atoms with Gasteiger partial charge in [0.15, 0.2) is 5.78 Å². The number of ketones is 1. The lowest BCUT2D eigenvalue weighted by Gasteiger charge is -2.35. The third kappa shape index (κ3) is 4.40. The summed E-state index contributed by atoms with van der Waals surface area (Å²) in [4.78, 5) is 20.8. The Bertz CT molecular complexity index is 1150. The Hall–Kier alpha value is -2.77. The summed E-state index contributed by atoms with van der Waals surface area (Å²) in [6.07, 6.45) is 1.84. The smallest absolute Gasteiger partial charge is 0.186 e. The number of nitrogens with zero attached hydrogens (tertiary/aromatic N) is 1. The van der Waals surface area contributed by atoms with Crippen molar-refractivity contribution < 1.29 is 9.53 Å². The zero-order valence-electron chi connectivity index (χ0n) is 17.9. The number of hydrogen-bond acceptors (Lipinski definition) is 5. The number of H-pyrrole nitrogens is 1. The van der Waals surface area contributed by atoms with Gasteiger partial charge in [0.25, 0.3) is 0 Å². The van der Waals surface area contributed by atoms with Gasteiger partial charge in [-0.15, -0.1) is 11.3 Å². The van der Waals surface area contributed by atoms with Gasteiger partial charge in [-0.2, -0.15) is 0 Å². The monoisotopic (exact) mass is 445 g/mol. The maximum absolute atomic E-state index is 13.8. The Balaban J connectivity index is 1.44. The van der Waals surface area contributed by atoms with Crippen LogP contribution >= 0.6 is 11.3 Å². The number of carbonyl (C=O) groups is 1. The molecule has 6 heteroatoms. The minimum absolute atomic E-state index is 0.0838. The molecular formula is C26H27N3O2S. The number of ether oxygens (including phenoxy) is 1. The van der Waals surface area contributed by atoms with Crippen LogP contribution in [0.4, 0.5) is 0 Å². The van der Waals surface area contributed by atoms with Crippen LogP contribution in [0.2, 0.25) is 0 Å². The minimum Gasteiger partial charge on any atom is -0.379 e. The fourth-order valence-electron chi connectivity index (χ4n) is 4.45. The largest absolute Gasteiger partial charge is 0.379 e. The molecule has 1 aliphatic rings. The number of para-hydroxylation sites is 1. The maximum Gasteiger partial charge on any atom is 0.186 e. The molecule has 5 rings (SSSR count). The third-order valence-corrected chi connectivity index (χ3v) is 7.10. The van der Waals surface area contributed by atoms with Crippen molar-refractivity contribution in [2.45, 2.75) is 12.1 Å². The number of fused-ring (bicyclic) bond motifs is 1. The molecule has 2 aromatic heterocycles. The van der Waals surface area contributed by atoms with E-state index in [1.54, 1.807) is 11.3 Å². The molecular weight excluding hydrogens is 418 g/mol. The van der Waals surface area contributed by atoms with Crippen LogP contribution in [-0.2, 0) is 4.74 Å². The first-order valence-electron chi connectivity index (χ1n) is 11.0. The van der Waals surface area contributed by atoms with Crippen LogP contribution in [0.15, 0.2) is 78.3 Å². The van der Waals surface area contributed by atoms with E-state index in [0.717, 1.165) is 48.3 Å². The number of Topliss-reactive ketones (excluding diaryl/α,β-unsaturated/α-hetero) is 1. The molecule has 2 atom stereocenters. The number of aromatic amines is 1. The van der Waals surface area contributed by atoms with Gasteiger partial charge in [-0.3, -0.25) is 9.69 Å². The zero-order valence-corrected chi connectivity index (χ0v) is 18.7. The Kier molecular flexibility index (Phi) is 6.46. The minimum atomic E-state index is -0.418. The van der Waals surface area contributed by atoms with Crippen molar-refractivity contribution in [3.8, 4) is 0 Å². The lowest BCUT2D eigenvalue weighted by Crippen LogP contribution is -2.44. The summed E-state index contributed by atoms with van der Waals surface area (Å²) in [6.45, 7) is 3.98. The highest BCUT2D eigenvalue weighted by Gasteiger charge is 2.28. The normalized spacial score (nSPS) is 16.8. The molecule has 1 fully saturated rings. The number of carbonyl (C=O) groups excluding carboxylic acids is 1. The van der Waals surface area contributed by atoms with Crippen LogP contribution in [0.3, 0.4) is 0 Å². The molecule has 5 nitrogen and oxygen atoms in total. The first-order valence-corrected chi connectivity index (χ1v) is 11.9. The predicted octanol–water partition coefficient (Wildman–Crippen LogP) is 4.82. The van der Waals surface area contributed by atoms with Crippen LogP contribution < -0.4 is 5.32 Å². The first kappa shape index (κ1) is 21.1. The molecule has 4 aromatic rings. The molecule has 1 aliphatic heterocycles. The Morgan fingerprint density at radius 2 is 1.81 bits per heavy atom. The van der Waals surface area contributed by atoms with Crippen LogP contribution in [0, 0.1) is 0 Å². The van der Waals surface area contributed by atoms with Crippen molar-refractivity contribution in [3.63, 3.8) is 0 Å². The lowest BCUT2D eigenvalue weighted by atomic mass is 9.96. The number of hydrogen-bond donors (Lipinski definition) is 2. The molecule has 164 valence electrons. The van der Waals surface area contributed by atoms with E-state index >= 15 is 0 Å². The van der Waals surface area contributed by atoms with Gasteiger partial charge < -0.3 is 15.0 Å². The fraction of sp³-hybridized carbons (Fsp3) is 0.269. The van der Waals surface area contributed by atoms with Crippen molar-refractivity contribution in [2.24, 2.45) is 0 Å². The van der Waals surface area contributed by atoms with Crippen molar-refractivity contribution in [1.82, 2.24) is 15.2 Å². The number of morpholine rings is 1. The molecule has 32 heavy (non-hydrogen) atoms. The van der Waals surface area contributed by atoms with Crippen molar-refractivity contribution in [1.29, 1.82) is 0 Å². The molecule has 0 amide bonds. The topological polar surface area (TPSA) is 57.4 Å². The summed E-state index contributed by atoms with van der Waals surface area (Å²) in [5, 5.41) is 6.72. The van der Waals surface area contributed by atoms with Crippen LogP contribution in [0.25, 0.3) is 10.9 Å². The SMILES string of the molecule is O=C(c1c[nH]c2ccccc12)C(NCC(c1cccs1)N1CCOCC1)c1ccccc1. The van der Waals surface area contributed by atoms with Crippen LogP contribution in [-0.4, -0.2) is 48.5 Å². The summed E-state index contributed by atoms with van der Waals surface area (Å²) >= 11 is 1.77. The molecule has 1 saturated heterocycles. The highest BCUT2D eigenvalue weighted by atomic mass is 32.1. The van der Waals surface area contributed by atoms with Gasteiger partial charge in [-0.05, 0) is 23.1 Å². The number of benzene rings is 2. The quantitative estimate of drug-likeness (QED) is 0.382. The summed E-state index contributed by atoms with van der Waals surface area (Å²) in [5.41, 5.74) is 2.68. The van der Waals surface area contributed by atoms with Crippen molar-refractivity contribution >= 4 is 28.0 Å². The highest BCUT2D eigenvalue weighted by Crippen LogP contribution is 2.28. The lowest BCUT2D eigenvalue weighted by molar-refractivity contribution is 0.0163. The summed E-state index contributed by atoms with van der Waals surface area (Å²) in [6, 6.07) is 22.1. The molecule has 3 heterocycles. The fourth-order valence-corrected chi connectivity index (χ4v) is 5.31. The van der Waals surface area contributed by atoms with Gasteiger partial charge in [-0.1, -0.05) is 54.6 Å². The van der Waals surface area contributed by atoms with Gasteiger partial charge in [-0.25, -0.2) is 0 Å². The highest BCUT2D eigenvalue weighted by molar-refractivity contribution is 7.10. The Morgan fingerprint density at radius 1 is 1.03 bits per heavy atom. The average molecular weight is 446 g/mol. The Morgan fingerprint density at radius 3 is 2.59 bits per heavy atom. The number of nitrogens with one attached hydrogen (secondary N) is 2. The van der Waals surface area contributed by atoms with E-state index in [-0.39, 0.29) is 11.8 Å². The van der Waals surface area contributed by atoms with E-state index in [1.807, 2.05) is 60.8 Å². The summed E-state index contributed by atoms with van der Waals surface area (Å²) in [5.74, 6) is 0.0838. The van der Waals surface area contributed by atoms with Crippen molar-refractivity contribution in [3.05, 3.63) is 94.3 Å². The Labute approximate surface area is 192 Å². The van der Waals surface area contributed by atoms with Crippen LogP contribution in [0.1, 0.15) is 32.9 Å². The van der Waals surface area contributed by atoms with Gasteiger partial charge in [0.05, 0.1) is 25.3 Å². The zero-order chi connectivity index (χ0) is 21.8. The number of aromatic nitrogens is 1. The first-order chi connectivity index (χ1) is 15.8. The molecule has 2 aromatic carbocycles. The van der Waals surface area contributed by atoms with E-state index in [4.69, 9.17) is 4.74 Å².